The van der Waals surface area contributed by atoms with Crippen LogP contribution < -0.4 is 11.3 Å². The zero-order valence-electron chi connectivity index (χ0n) is 17.0. The van der Waals surface area contributed by atoms with Crippen LogP contribution >= 0.6 is 11.3 Å². The maximum atomic E-state index is 13.3. The Bertz CT molecular complexity index is 1260. The van der Waals surface area contributed by atoms with Crippen molar-refractivity contribution in [3.05, 3.63) is 76.0 Å². The Morgan fingerprint density at radius 3 is 2.67 bits per heavy atom. The van der Waals surface area contributed by atoms with E-state index in [4.69, 9.17) is 10.5 Å². The van der Waals surface area contributed by atoms with E-state index in [2.05, 4.69) is 13.8 Å². The summed E-state index contributed by atoms with van der Waals surface area (Å²) in [5.74, 6) is -0.0463. The van der Waals surface area contributed by atoms with Gasteiger partial charge in [0.05, 0.1) is 15.8 Å². The molecule has 0 spiro atoms. The maximum absolute atomic E-state index is 13.3. The van der Waals surface area contributed by atoms with Crippen LogP contribution in [0.15, 0.2) is 64.9 Å². The number of ether oxygens (including phenoxy) is 1. The van der Waals surface area contributed by atoms with Crippen molar-refractivity contribution in [3.8, 4) is 11.1 Å². The van der Waals surface area contributed by atoms with Crippen LogP contribution in [0, 0.1) is 5.92 Å². The van der Waals surface area contributed by atoms with Gasteiger partial charge in [-0.15, -0.1) is 11.3 Å². The number of hydrogen-bond donors (Lipinski definition) is 1. The number of nitrogens with zero attached hydrogens (tertiary/aromatic N) is 1. The molecular weight excluding hydrogens is 396 g/mol. The quantitative estimate of drug-likeness (QED) is 0.459. The smallest absolute Gasteiger partial charge is 0.340 e. The maximum Gasteiger partial charge on any atom is 0.340 e. The van der Waals surface area contributed by atoms with Gasteiger partial charge in [0.25, 0.3) is 5.56 Å². The SMILES string of the molecule is CC(C)CC(N)COC(=O)c1cc(-c2ccccc2)c(=O)n2ccc3ccsc3c12. The van der Waals surface area contributed by atoms with Gasteiger partial charge in [-0.3, -0.25) is 9.20 Å². The average Bonchev–Trinajstić information content (AvgIpc) is 3.21. The standard InChI is InChI=1S/C24H24N2O3S/c1-15(2)12-18(25)14-29-24(28)20-13-19(16-6-4-3-5-7-16)23(27)26-10-8-17-9-11-30-22(17)21(20)26/h3-11,13,15,18H,12,14,25H2,1-2H3. The molecule has 154 valence electrons. The third-order valence-corrected chi connectivity index (χ3v) is 5.99. The van der Waals surface area contributed by atoms with Crippen molar-refractivity contribution in [1.29, 1.82) is 0 Å². The molecule has 0 aliphatic rings. The normalized spacial score (nSPS) is 12.5. The van der Waals surface area contributed by atoms with Crippen molar-refractivity contribution in [2.24, 2.45) is 11.7 Å². The first kappa shape index (κ1) is 20.3. The number of thiophene rings is 1. The minimum atomic E-state index is -0.468. The van der Waals surface area contributed by atoms with E-state index in [-0.39, 0.29) is 18.2 Å². The Morgan fingerprint density at radius 1 is 1.17 bits per heavy atom. The zero-order chi connectivity index (χ0) is 21.3. The van der Waals surface area contributed by atoms with Gasteiger partial charge in [-0.25, -0.2) is 4.79 Å². The molecule has 0 bridgehead atoms. The van der Waals surface area contributed by atoms with Crippen LogP contribution in [-0.4, -0.2) is 23.0 Å². The fourth-order valence-electron chi connectivity index (χ4n) is 3.72. The van der Waals surface area contributed by atoms with Crippen molar-refractivity contribution < 1.29 is 9.53 Å². The molecule has 0 radical (unpaired) electrons. The van der Waals surface area contributed by atoms with Gasteiger partial charge in [-0.1, -0.05) is 44.2 Å². The highest BCUT2D eigenvalue weighted by molar-refractivity contribution is 7.18. The molecule has 1 aromatic carbocycles. The highest BCUT2D eigenvalue weighted by Gasteiger charge is 2.21. The number of aromatic nitrogens is 1. The Hall–Kier alpha value is -2.96. The molecule has 0 aliphatic heterocycles. The van der Waals surface area contributed by atoms with E-state index in [0.717, 1.165) is 22.1 Å². The fourth-order valence-corrected chi connectivity index (χ4v) is 4.66. The first-order valence-corrected chi connectivity index (χ1v) is 10.9. The van der Waals surface area contributed by atoms with Gasteiger partial charge in [-0.2, -0.15) is 0 Å². The lowest BCUT2D eigenvalue weighted by atomic mass is 10.0. The molecule has 3 aromatic heterocycles. The lowest BCUT2D eigenvalue weighted by Gasteiger charge is -2.16. The molecular formula is C24H24N2O3S. The van der Waals surface area contributed by atoms with Gasteiger partial charge in [-0.05, 0) is 46.9 Å². The second-order valence-electron chi connectivity index (χ2n) is 7.87. The zero-order valence-corrected chi connectivity index (χ0v) is 17.8. The minimum absolute atomic E-state index is 0.142. The average molecular weight is 421 g/mol. The summed E-state index contributed by atoms with van der Waals surface area (Å²) in [6.07, 6.45) is 2.49. The first-order chi connectivity index (χ1) is 14.5. The molecule has 0 aliphatic carbocycles. The lowest BCUT2D eigenvalue weighted by molar-refractivity contribution is 0.0474. The van der Waals surface area contributed by atoms with E-state index >= 15 is 0 Å². The highest BCUT2D eigenvalue weighted by atomic mass is 32.1. The van der Waals surface area contributed by atoms with Crippen LogP contribution in [0.2, 0.25) is 0 Å². The third kappa shape index (κ3) is 3.88. The van der Waals surface area contributed by atoms with Crippen molar-refractivity contribution >= 4 is 32.9 Å². The summed E-state index contributed by atoms with van der Waals surface area (Å²) < 4.78 is 8.01. The molecule has 1 atom stereocenters. The van der Waals surface area contributed by atoms with Gasteiger partial charge >= 0.3 is 5.97 Å². The highest BCUT2D eigenvalue weighted by Crippen LogP contribution is 2.29. The molecule has 6 heteroatoms. The van der Waals surface area contributed by atoms with E-state index in [1.807, 2.05) is 47.8 Å². The molecule has 0 amide bonds. The second-order valence-corrected chi connectivity index (χ2v) is 8.79. The molecule has 0 saturated heterocycles. The molecule has 2 N–H and O–H groups in total. The predicted molar refractivity (Wildman–Crippen MR) is 122 cm³/mol. The van der Waals surface area contributed by atoms with Gasteiger partial charge < -0.3 is 10.5 Å². The van der Waals surface area contributed by atoms with Crippen molar-refractivity contribution in [1.82, 2.24) is 4.40 Å². The summed E-state index contributed by atoms with van der Waals surface area (Å²) in [4.78, 5) is 26.4. The first-order valence-electron chi connectivity index (χ1n) is 9.99. The Morgan fingerprint density at radius 2 is 1.93 bits per heavy atom. The Labute approximate surface area is 178 Å². The summed E-state index contributed by atoms with van der Waals surface area (Å²) in [5.41, 5.74) is 8.11. The number of carbonyl (C=O) groups is 1. The Balaban J connectivity index is 1.86. The second kappa shape index (κ2) is 8.42. The number of benzene rings is 1. The van der Waals surface area contributed by atoms with Crippen molar-refractivity contribution in [2.75, 3.05) is 6.61 Å². The molecule has 0 saturated carbocycles. The monoisotopic (exact) mass is 420 g/mol. The van der Waals surface area contributed by atoms with Crippen molar-refractivity contribution in [2.45, 2.75) is 26.3 Å². The predicted octanol–water partition coefficient (Wildman–Crippen LogP) is 4.71. The number of esters is 1. The largest absolute Gasteiger partial charge is 0.460 e. The molecule has 1 unspecified atom stereocenters. The van der Waals surface area contributed by atoms with Crippen LogP contribution in [0.4, 0.5) is 0 Å². The number of carbonyl (C=O) groups excluding carboxylic acids is 1. The van der Waals surface area contributed by atoms with E-state index in [0.29, 0.717) is 22.6 Å². The van der Waals surface area contributed by atoms with E-state index in [9.17, 15) is 9.59 Å². The molecule has 4 aromatic rings. The van der Waals surface area contributed by atoms with Crippen LogP contribution in [-0.2, 0) is 4.74 Å². The molecule has 4 rings (SSSR count). The van der Waals surface area contributed by atoms with Crippen LogP contribution in [0.5, 0.6) is 0 Å². The van der Waals surface area contributed by atoms with Gasteiger partial charge in [0, 0.05) is 17.8 Å². The van der Waals surface area contributed by atoms with Crippen LogP contribution in [0.1, 0.15) is 30.6 Å². The third-order valence-electron chi connectivity index (χ3n) is 5.06. The van der Waals surface area contributed by atoms with E-state index in [1.165, 1.54) is 11.3 Å². The van der Waals surface area contributed by atoms with Crippen LogP contribution in [0.3, 0.4) is 0 Å². The number of rotatable bonds is 6. The summed E-state index contributed by atoms with van der Waals surface area (Å²) in [5, 5.41) is 2.94. The Kier molecular flexibility index (Phi) is 5.70. The number of nitrogens with two attached hydrogens (primary N) is 1. The minimum Gasteiger partial charge on any atom is -0.460 e. The van der Waals surface area contributed by atoms with Gasteiger partial charge in [0.2, 0.25) is 0 Å². The number of fused-ring (bicyclic) bond motifs is 3. The van der Waals surface area contributed by atoms with Crippen LogP contribution in [0.25, 0.3) is 26.7 Å². The lowest BCUT2D eigenvalue weighted by Crippen LogP contribution is -2.29. The molecule has 3 heterocycles. The van der Waals surface area contributed by atoms with Gasteiger partial charge in [0.15, 0.2) is 0 Å². The summed E-state index contributed by atoms with van der Waals surface area (Å²) in [6, 6.07) is 14.7. The van der Waals surface area contributed by atoms with Gasteiger partial charge in [0.1, 0.15) is 6.61 Å². The van der Waals surface area contributed by atoms with E-state index in [1.54, 1.807) is 16.7 Å². The number of hydrogen-bond acceptors (Lipinski definition) is 5. The molecule has 0 fully saturated rings. The number of pyridine rings is 2. The van der Waals surface area contributed by atoms with Crippen molar-refractivity contribution in [3.63, 3.8) is 0 Å². The molecule has 5 nitrogen and oxygen atoms in total. The molecule has 30 heavy (non-hydrogen) atoms. The fraction of sp³-hybridized carbons (Fsp3) is 0.250. The summed E-state index contributed by atoms with van der Waals surface area (Å²) in [6.45, 7) is 4.31. The van der Waals surface area contributed by atoms with E-state index < -0.39 is 5.97 Å². The summed E-state index contributed by atoms with van der Waals surface area (Å²) >= 11 is 1.50. The topological polar surface area (TPSA) is 73.8 Å². The summed E-state index contributed by atoms with van der Waals surface area (Å²) in [7, 11) is 0.